The number of phenols is 1. The van der Waals surface area contributed by atoms with Gasteiger partial charge >= 0.3 is 0 Å². The molecule has 1 atom stereocenters. The molecule has 4 N–H and O–H groups in total. The number of phenolic OH excluding ortho intramolecular Hbond substituents is 1. The van der Waals surface area contributed by atoms with Crippen LogP contribution in [0.2, 0.25) is 0 Å². The first-order chi connectivity index (χ1) is 6.72. The molecule has 0 aromatic heterocycles. The van der Waals surface area contributed by atoms with Gasteiger partial charge in [0, 0.05) is 6.07 Å². The summed E-state index contributed by atoms with van der Waals surface area (Å²) in [6, 6.07) is 6.45. The molecule has 1 rings (SSSR count). The monoisotopic (exact) mass is 197 g/mol. The molecule has 1 aromatic rings. The van der Waals surface area contributed by atoms with Gasteiger partial charge in [-0.15, -0.1) is 0 Å². The van der Waals surface area contributed by atoms with Gasteiger partial charge in [0.25, 0.3) is 0 Å². The third-order valence-corrected chi connectivity index (χ3v) is 1.76. The van der Waals surface area contributed by atoms with E-state index in [1.54, 1.807) is 18.2 Å². The van der Waals surface area contributed by atoms with E-state index in [9.17, 15) is 5.11 Å². The molecule has 0 radical (unpaired) electrons. The summed E-state index contributed by atoms with van der Waals surface area (Å²) in [7, 11) is 0. The van der Waals surface area contributed by atoms with Gasteiger partial charge in [0.15, 0.2) is 0 Å². The van der Waals surface area contributed by atoms with Gasteiger partial charge in [0.2, 0.25) is 0 Å². The summed E-state index contributed by atoms with van der Waals surface area (Å²) in [4.78, 5) is 0. The van der Waals surface area contributed by atoms with Crippen LogP contribution in [0.15, 0.2) is 24.3 Å². The molecule has 14 heavy (non-hydrogen) atoms. The lowest BCUT2D eigenvalue weighted by Gasteiger charge is -2.11. The fraction of sp³-hybridized carbons (Fsp3) is 0.400. The zero-order valence-corrected chi connectivity index (χ0v) is 7.89. The molecule has 1 aromatic carbocycles. The standard InChI is InChI=1S/C10H15NO3/c11-5-4-9(13)7-14-10-3-1-2-8(12)6-10/h1-3,6,9,12-13H,4-5,7,11H2. The molecule has 0 saturated heterocycles. The highest BCUT2D eigenvalue weighted by molar-refractivity contribution is 5.31. The minimum atomic E-state index is -0.553. The van der Waals surface area contributed by atoms with Crippen molar-refractivity contribution in [1.29, 1.82) is 0 Å². The summed E-state index contributed by atoms with van der Waals surface area (Å²) in [5.74, 6) is 0.692. The second kappa shape index (κ2) is 5.47. The van der Waals surface area contributed by atoms with Gasteiger partial charge in [-0.05, 0) is 25.1 Å². The van der Waals surface area contributed by atoms with Crippen LogP contribution in [-0.4, -0.2) is 29.5 Å². The Balaban J connectivity index is 2.37. The number of ether oxygens (including phenoxy) is 1. The SMILES string of the molecule is NCCC(O)COc1cccc(O)c1. The Hall–Kier alpha value is -1.26. The van der Waals surface area contributed by atoms with Gasteiger partial charge in [-0.2, -0.15) is 0 Å². The number of nitrogens with two attached hydrogens (primary N) is 1. The molecule has 0 bridgehead atoms. The van der Waals surface area contributed by atoms with E-state index in [-0.39, 0.29) is 12.4 Å². The maximum Gasteiger partial charge on any atom is 0.123 e. The van der Waals surface area contributed by atoms with E-state index < -0.39 is 6.10 Å². The van der Waals surface area contributed by atoms with Gasteiger partial charge in [-0.25, -0.2) is 0 Å². The van der Waals surface area contributed by atoms with E-state index in [2.05, 4.69) is 0 Å². The van der Waals surface area contributed by atoms with Crippen molar-refractivity contribution >= 4 is 0 Å². The van der Waals surface area contributed by atoms with Crippen molar-refractivity contribution in [2.45, 2.75) is 12.5 Å². The van der Waals surface area contributed by atoms with Gasteiger partial charge in [-0.3, -0.25) is 0 Å². The number of aliphatic hydroxyl groups excluding tert-OH is 1. The van der Waals surface area contributed by atoms with Crippen LogP contribution >= 0.6 is 0 Å². The third-order valence-electron chi connectivity index (χ3n) is 1.76. The van der Waals surface area contributed by atoms with E-state index in [1.807, 2.05) is 0 Å². The molecular formula is C10H15NO3. The van der Waals surface area contributed by atoms with E-state index in [0.29, 0.717) is 18.7 Å². The van der Waals surface area contributed by atoms with Gasteiger partial charge < -0.3 is 20.7 Å². The lowest BCUT2D eigenvalue weighted by Crippen LogP contribution is -2.21. The summed E-state index contributed by atoms with van der Waals surface area (Å²) in [6.07, 6.45) is -0.0407. The van der Waals surface area contributed by atoms with Crippen molar-refractivity contribution in [1.82, 2.24) is 0 Å². The average molecular weight is 197 g/mol. The fourth-order valence-corrected chi connectivity index (χ4v) is 1.04. The van der Waals surface area contributed by atoms with Crippen LogP contribution in [0.5, 0.6) is 11.5 Å². The van der Waals surface area contributed by atoms with Gasteiger partial charge in [0.1, 0.15) is 18.1 Å². The summed E-state index contributed by atoms with van der Waals surface area (Å²) in [5, 5.41) is 18.4. The van der Waals surface area contributed by atoms with Crippen molar-refractivity contribution in [2.75, 3.05) is 13.2 Å². The van der Waals surface area contributed by atoms with E-state index >= 15 is 0 Å². The van der Waals surface area contributed by atoms with Crippen molar-refractivity contribution in [3.63, 3.8) is 0 Å². The number of hydrogen-bond donors (Lipinski definition) is 3. The van der Waals surface area contributed by atoms with Crippen LogP contribution in [0.25, 0.3) is 0 Å². The molecule has 0 saturated carbocycles. The molecule has 0 aliphatic rings. The Morgan fingerprint density at radius 2 is 2.21 bits per heavy atom. The normalized spacial score (nSPS) is 12.4. The van der Waals surface area contributed by atoms with Crippen molar-refractivity contribution in [3.8, 4) is 11.5 Å². The first kappa shape index (κ1) is 10.8. The third kappa shape index (κ3) is 3.64. The first-order valence-electron chi connectivity index (χ1n) is 4.52. The molecule has 0 amide bonds. The topological polar surface area (TPSA) is 75.7 Å². The Kier molecular flexibility index (Phi) is 4.22. The molecule has 4 heteroatoms. The Morgan fingerprint density at radius 3 is 2.86 bits per heavy atom. The summed E-state index contributed by atoms with van der Waals surface area (Å²) >= 11 is 0. The fourth-order valence-electron chi connectivity index (χ4n) is 1.04. The zero-order chi connectivity index (χ0) is 10.4. The zero-order valence-electron chi connectivity index (χ0n) is 7.89. The Morgan fingerprint density at radius 1 is 1.43 bits per heavy atom. The highest BCUT2D eigenvalue weighted by Gasteiger charge is 2.03. The van der Waals surface area contributed by atoms with Crippen molar-refractivity contribution < 1.29 is 14.9 Å². The average Bonchev–Trinajstić information content (AvgIpc) is 2.15. The number of aliphatic hydroxyl groups is 1. The lowest BCUT2D eigenvalue weighted by molar-refractivity contribution is 0.102. The molecule has 0 aliphatic carbocycles. The smallest absolute Gasteiger partial charge is 0.123 e. The van der Waals surface area contributed by atoms with Crippen LogP contribution in [0, 0.1) is 0 Å². The maximum atomic E-state index is 9.31. The van der Waals surface area contributed by atoms with Crippen LogP contribution in [0.1, 0.15) is 6.42 Å². The van der Waals surface area contributed by atoms with Crippen LogP contribution in [0.3, 0.4) is 0 Å². The summed E-state index contributed by atoms with van der Waals surface area (Å²) in [5.41, 5.74) is 5.27. The van der Waals surface area contributed by atoms with Gasteiger partial charge in [0.05, 0.1) is 6.10 Å². The first-order valence-corrected chi connectivity index (χ1v) is 4.52. The Bertz CT molecular complexity index is 278. The van der Waals surface area contributed by atoms with E-state index in [4.69, 9.17) is 15.6 Å². The number of aromatic hydroxyl groups is 1. The van der Waals surface area contributed by atoms with Gasteiger partial charge in [-0.1, -0.05) is 6.07 Å². The highest BCUT2D eigenvalue weighted by Crippen LogP contribution is 2.17. The van der Waals surface area contributed by atoms with Crippen molar-refractivity contribution in [2.24, 2.45) is 5.73 Å². The predicted molar refractivity (Wildman–Crippen MR) is 53.3 cm³/mol. The largest absolute Gasteiger partial charge is 0.508 e. The maximum absolute atomic E-state index is 9.31. The minimum Gasteiger partial charge on any atom is -0.508 e. The molecule has 78 valence electrons. The number of hydrogen-bond acceptors (Lipinski definition) is 4. The highest BCUT2D eigenvalue weighted by atomic mass is 16.5. The molecule has 4 nitrogen and oxygen atoms in total. The van der Waals surface area contributed by atoms with Crippen LogP contribution < -0.4 is 10.5 Å². The molecule has 0 heterocycles. The quantitative estimate of drug-likeness (QED) is 0.641. The second-order valence-corrected chi connectivity index (χ2v) is 3.04. The second-order valence-electron chi connectivity index (χ2n) is 3.04. The van der Waals surface area contributed by atoms with Crippen LogP contribution in [0.4, 0.5) is 0 Å². The molecule has 0 aliphatic heterocycles. The lowest BCUT2D eigenvalue weighted by atomic mass is 10.3. The van der Waals surface area contributed by atoms with Crippen molar-refractivity contribution in [3.05, 3.63) is 24.3 Å². The minimum absolute atomic E-state index is 0.149. The number of rotatable bonds is 5. The van der Waals surface area contributed by atoms with E-state index in [1.165, 1.54) is 6.07 Å². The van der Waals surface area contributed by atoms with Crippen LogP contribution in [-0.2, 0) is 0 Å². The van der Waals surface area contributed by atoms with E-state index in [0.717, 1.165) is 0 Å². The molecule has 0 spiro atoms. The summed E-state index contributed by atoms with van der Waals surface area (Å²) in [6.45, 7) is 0.630. The number of benzene rings is 1. The Labute approximate surface area is 82.9 Å². The summed E-state index contributed by atoms with van der Waals surface area (Å²) < 4.78 is 5.24. The molecule has 1 unspecified atom stereocenters. The predicted octanol–water partition coefficient (Wildman–Crippen LogP) is 0.481. The molecule has 0 fully saturated rings. The molecular weight excluding hydrogens is 182 g/mol.